The Morgan fingerprint density at radius 1 is 1.21 bits per heavy atom. The molecule has 0 aromatic heterocycles. The van der Waals surface area contributed by atoms with Crippen molar-refractivity contribution in [1.82, 2.24) is 5.01 Å². The van der Waals surface area contributed by atoms with Crippen LogP contribution in [0.1, 0.15) is 30.5 Å². The van der Waals surface area contributed by atoms with Crippen LogP contribution in [0.15, 0.2) is 56.5 Å². The van der Waals surface area contributed by atoms with E-state index in [0.29, 0.717) is 6.42 Å². The number of nitrogens with zero attached hydrogens (tertiary/aromatic N) is 2. The van der Waals surface area contributed by atoms with Crippen molar-refractivity contribution in [2.45, 2.75) is 19.4 Å². The van der Waals surface area contributed by atoms with Crippen molar-refractivity contribution in [1.29, 1.82) is 0 Å². The van der Waals surface area contributed by atoms with Gasteiger partial charge in [-0.25, -0.2) is 5.01 Å². The number of carbonyl (C=O) groups is 1. The number of hydrogen-bond donors (Lipinski definition) is 0. The van der Waals surface area contributed by atoms with Crippen molar-refractivity contribution in [2.75, 3.05) is 7.11 Å². The monoisotopic (exact) mass is 450 g/mol. The highest BCUT2D eigenvalue weighted by Crippen LogP contribution is 2.35. The number of rotatable bonds is 3. The van der Waals surface area contributed by atoms with Crippen molar-refractivity contribution in [3.63, 3.8) is 0 Å². The molecule has 0 saturated carbocycles. The second-order valence-electron chi connectivity index (χ2n) is 5.53. The van der Waals surface area contributed by atoms with Gasteiger partial charge in [-0.1, -0.05) is 50.1 Å². The van der Waals surface area contributed by atoms with Gasteiger partial charge in [-0.3, -0.25) is 4.79 Å². The number of amides is 1. The summed E-state index contributed by atoms with van der Waals surface area (Å²) in [5, 5.41) is 6.13. The van der Waals surface area contributed by atoms with Gasteiger partial charge in [0.2, 0.25) is 5.91 Å². The summed E-state index contributed by atoms with van der Waals surface area (Å²) < 4.78 is 7.15. The highest BCUT2D eigenvalue weighted by atomic mass is 79.9. The molecule has 0 bridgehead atoms. The Morgan fingerprint density at radius 2 is 1.92 bits per heavy atom. The van der Waals surface area contributed by atoms with Crippen LogP contribution in [0.2, 0.25) is 0 Å². The Morgan fingerprint density at radius 3 is 2.50 bits per heavy atom. The van der Waals surface area contributed by atoms with Crippen molar-refractivity contribution in [2.24, 2.45) is 5.10 Å². The Balaban J connectivity index is 1.94. The largest absolute Gasteiger partial charge is 0.497 e. The van der Waals surface area contributed by atoms with Gasteiger partial charge in [-0.05, 0) is 29.8 Å². The third-order valence-corrected chi connectivity index (χ3v) is 5.12. The predicted octanol–water partition coefficient (Wildman–Crippen LogP) is 4.92. The van der Waals surface area contributed by atoms with E-state index in [0.717, 1.165) is 31.5 Å². The summed E-state index contributed by atoms with van der Waals surface area (Å²) in [4.78, 5) is 12.0. The minimum atomic E-state index is -0.0982. The van der Waals surface area contributed by atoms with E-state index >= 15 is 0 Å². The second-order valence-corrected chi connectivity index (χ2v) is 7.30. The van der Waals surface area contributed by atoms with Crippen LogP contribution in [-0.2, 0) is 4.79 Å². The first kappa shape index (κ1) is 17.2. The summed E-state index contributed by atoms with van der Waals surface area (Å²) >= 11 is 7.03. The molecule has 0 saturated heterocycles. The summed E-state index contributed by atoms with van der Waals surface area (Å²) in [5.74, 6) is 0.724. The van der Waals surface area contributed by atoms with Gasteiger partial charge in [0.15, 0.2) is 0 Å². The second kappa shape index (κ2) is 7.07. The zero-order valence-corrected chi connectivity index (χ0v) is 16.5. The molecule has 2 aromatic rings. The molecule has 1 aliphatic heterocycles. The quantitative estimate of drug-likeness (QED) is 0.664. The zero-order valence-electron chi connectivity index (χ0n) is 13.3. The summed E-state index contributed by atoms with van der Waals surface area (Å²) in [6.07, 6.45) is 0.673. The van der Waals surface area contributed by atoms with Gasteiger partial charge < -0.3 is 4.74 Å². The lowest BCUT2D eigenvalue weighted by Crippen LogP contribution is -2.24. The van der Waals surface area contributed by atoms with E-state index in [2.05, 4.69) is 37.0 Å². The molecule has 24 heavy (non-hydrogen) atoms. The van der Waals surface area contributed by atoms with Gasteiger partial charge in [0.1, 0.15) is 5.75 Å². The first-order chi connectivity index (χ1) is 11.5. The van der Waals surface area contributed by atoms with E-state index in [-0.39, 0.29) is 11.9 Å². The molecule has 4 nitrogen and oxygen atoms in total. The first-order valence-corrected chi connectivity index (χ1v) is 9.05. The lowest BCUT2D eigenvalue weighted by atomic mass is 9.98. The number of methoxy groups -OCH3 is 1. The Kier molecular flexibility index (Phi) is 5.06. The summed E-state index contributed by atoms with van der Waals surface area (Å²) in [7, 11) is 1.64. The highest BCUT2D eigenvalue weighted by Gasteiger charge is 2.32. The average molecular weight is 452 g/mol. The lowest BCUT2D eigenvalue weighted by molar-refractivity contribution is -0.130. The maximum Gasteiger partial charge on any atom is 0.240 e. The SMILES string of the molecule is COc1ccc([C@@H]2CC(c3ccc(Br)cc3Br)=NN2C(C)=O)cc1. The van der Waals surface area contributed by atoms with Crippen molar-refractivity contribution in [3.8, 4) is 5.75 Å². The predicted molar refractivity (Wildman–Crippen MR) is 101 cm³/mol. The lowest BCUT2D eigenvalue weighted by Gasteiger charge is -2.20. The van der Waals surface area contributed by atoms with E-state index in [4.69, 9.17) is 4.74 Å². The molecule has 1 heterocycles. The number of hydrazone groups is 1. The normalized spacial score (nSPS) is 16.9. The molecule has 1 amide bonds. The molecular weight excluding hydrogens is 436 g/mol. The minimum Gasteiger partial charge on any atom is -0.497 e. The van der Waals surface area contributed by atoms with E-state index in [1.807, 2.05) is 42.5 Å². The molecule has 124 valence electrons. The molecule has 0 aliphatic carbocycles. The topological polar surface area (TPSA) is 41.9 Å². The van der Waals surface area contributed by atoms with Gasteiger partial charge in [-0.2, -0.15) is 5.10 Å². The molecule has 0 unspecified atom stereocenters. The average Bonchev–Trinajstić information content (AvgIpc) is 3.00. The fourth-order valence-corrected chi connectivity index (χ4v) is 4.05. The van der Waals surface area contributed by atoms with Gasteiger partial charge in [0.05, 0.1) is 18.9 Å². The van der Waals surface area contributed by atoms with Crippen LogP contribution in [0.3, 0.4) is 0 Å². The van der Waals surface area contributed by atoms with Crippen LogP contribution < -0.4 is 4.74 Å². The van der Waals surface area contributed by atoms with Crippen LogP contribution in [-0.4, -0.2) is 23.7 Å². The number of carbonyl (C=O) groups excluding carboxylic acids is 1. The molecule has 0 fully saturated rings. The maximum absolute atomic E-state index is 12.0. The summed E-state index contributed by atoms with van der Waals surface area (Å²) in [5.41, 5.74) is 2.93. The van der Waals surface area contributed by atoms with Crippen molar-refractivity contribution < 1.29 is 9.53 Å². The number of hydrogen-bond acceptors (Lipinski definition) is 3. The van der Waals surface area contributed by atoms with Gasteiger partial charge >= 0.3 is 0 Å². The number of benzene rings is 2. The molecule has 0 N–H and O–H groups in total. The zero-order chi connectivity index (χ0) is 17.3. The van der Waals surface area contributed by atoms with Crippen molar-refractivity contribution >= 4 is 43.5 Å². The van der Waals surface area contributed by atoms with Crippen molar-refractivity contribution in [3.05, 3.63) is 62.5 Å². The molecular formula is C18H16Br2N2O2. The molecule has 1 aliphatic rings. The molecule has 0 radical (unpaired) electrons. The maximum atomic E-state index is 12.0. The first-order valence-electron chi connectivity index (χ1n) is 7.46. The van der Waals surface area contributed by atoms with Gasteiger partial charge in [0.25, 0.3) is 0 Å². The molecule has 3 rings (SSSR count). The van der Waals surface area contributed by atoms with E-state index in [1.54, 1.807) is 19.0 Å². The van der Waals surface area contributed by atoms with E-state index < -0.39 is 0 Å². The molecule has 6 heteroatoms. The smallest absolute Gasteiger partial charge is 0.240 e. The van der Waals surface area contributed by atoms with Gasteiger partial charge in [-0.15, -0.1) is 0 Å². The molecule has 2 aromatic carbocycles. The minimum absolute atomic E-state index is 0.0703. The highest BCUT2D eigenvalue weighted by molar-refractivity contribution is 9.11. The number of halogens is 2. The third-order valence-electron chi connectivity index (χ3n) is 3.98. The van der Waals surface area contributed by atoms with E-state index in [9.17, 15) is 4.79 Å². The van der Waals surface area contributed by atoms with E-state index in [1.165, 1.54) is 0 Å². The fraction of sp³-hybridized carbons (Fsp3) is 0.222. The van der Waals surface area contributed by atoms with Crippen LogP contribution in [0.25, 0.3) is 0 Å². The Hall–Kier alpha value is -1.66. The molecule has 0 spiro atoms. The van der Waals surface area contributed by atoms with Crippen LogP contribution in [0.4, 0.5) is 0 Å². The molecule has 1 atom stereocenters. The summed E-state index contributed by atoms with van der Waals surface area (Å²) in [6, 6.07) is 13.6. The number of ether oxygens (including phenoxy) is 1. The third kappa shape index (κ3) is 3.39. The fourth-order valence-electron chi connectivity index (χ4n) is 2.77. The summed E-state index contributed by atoms with van der Waals surface area (Å²) in [6.45, 7) is 1.54. The Bertz CT molecular complexity index is 803. The van der Waals surface area contributed by atoms with Crippen LogP contribution in [0, 0.1) is 0 Å². The Labute approximate surface area is 157 Å². The standard InChI is InChI=1S/C18H16Br2N2O2/c1-11(23)22-18(12-3-6-14(24-2)7-4-12)10-17(21-22)15-8-5-13(19)9-16(15)20/h3-9,18H,10H2,1-2H3/t18-/m0/s1. The van der Waals surface area contributed by atoms with Crippen LogP contribution >= 0.6 is 31.9 Å². The van der Waals surface area contributed by atoms with Gasteiger partial charge in [0, 0.05) is 27.9 Å². The van der Waals surface area contributed by atoms with Crippen LogP contribution in [0.5, 0.6) is 5.75 Å².